The first kappa shape index (κ1) is 21.7. The summed E-state index contributed by atoms with van der Waals surface area (Å²) in [5, 5.41) is 5.84. The maximum atomic E-state index is 11.5. The van der Waals surface area contributed by atoms with Crippen LogP contribution in [0.1, 0.15) is 25.0 Å². The number of anilines is 3. The van der Waals surface area contributed by atoms with Crippen molar-refractivity contribution in [3.63, 3.8) is 0 Å². The smallest absolute Gasteiger partial charge is 0.411 e. The molecule has 152 valence electrons. The van der Waals surface area contributed by atoms with E-state index in [1.54, 1.807) is 19.1 Å². The van der Waals surface area contributed by atoms with Gasteiger partial charge in [-0.05, 0) is 25.5 Å². The Morgan fingerprint density at radius 1 is 1.21 bits per heavy atom. The third-order valence-corrected chi connectivity index (χ3v) is 4.29. The topological polar surface area (TPSA) is 109 Å². The number of rotatable bonds is 6. The highest BCUT2D eigenvalue weighted by atomic mass is 35.5. The molecule has 1 amide bonds. The van der Waals surface area contributed by atoms with Crippen LogP contribution in [-0.2, 0) is 26.5 Å². The number of hydrogen-bond acceptors (Lipinski definition) is 6. The molecule has 1 aliphatic heterocycles. The number of benzene rings is 1. The second-order valence-corrected chi connectivity index (χ2v) is 6.24. The minimum Gasteiger partial charge on any atom is -1.00 e. The standard InChI is InChI=1S/C19H24N4O4.ClH/c1-3-25-18(24)22-15-8-9-16(23-17(15)20)21-12-13-4-6-14(7-5-13)19(2)26-10-11-27-19;/h4-9H,3,10-12H2,1-2H3,(H,22,24)(H3,20,21,23);1H. The molecule has 1 fully saturated rings. The molecular formula is C19H25ClN4O4. The number of halogens is 1. The number of nitrogens with one attached hydrogen (secondary N) is 3. The molecule has 1 aromatic heterocycles. The Hall–Kier alpha value is -2.55. The summed E-state index contributed by atoms with van der Waals surface area (Å²) in [6.07, 6.45) is -0.540. The number of carbonyl (C=O) groups is 1. The fourth-order valence-electron chi connectivity index (χ4n) is 2.80. The molecule has 3 rings (SSSR count). The van der Waals surface area contributed by atoms with Gasteiger partial charge in [-0.1, -0.05) is 24.3 Å². The Kier molecular flexibility index (Phi) is 7.45. The summed E-state index contributed by atoms with van der Waals surface area (Å²) >= 11 is 0. The van der Waals surface area contributed by atoms with E-state index in [0.29, 0.717) is 37.9 Å². The van der Waals surface area contributed by atoms with E-state index in [1.807, 2.05) is 31.2 Å². The molecule has 9 heteroatoms. The molecule has 2 aromatic rings. The van der Waals surface area contributed by atoms with Gasteiger partial charge in [0.2, 0.25) is 11.6 Å². The molecule has 28 heavy (non-hydrogen) atoms. The van der Waals surface area contributed by atoms with Crippen molar-refractivity contribution in [3.8, 4) is 0 Å². The first-order chi connectivity index (χ1) is 13.0. The molecule has 0 unspecified atom stereocenters. The maximum Gasteiger partial charge on any atom is 0.411 e. The van der Waals surface area contributed by atoms with Crippen molar-refractivity contribution in [2.24, 2.45) is 0 Å². The average Bonchev–Trinajstić information content (AvgIpc) is 3.10. The Labute approximate surface area is 170 Å². The molecule has 0 bridgehead atoms. The van der Waals surface area contributed by atoms with Gasteiger partial charge in [-0.15, -0.1) is 0 Å². The second kappa shape index (κ2) is 9.59. The second-order valence-electron chi connectivity index (χ2n) is 6.24. The molecule has 0 radical (unpaired) electrons. The number of pyridine rings is 1. The lowest BCUT2D eigenvalue weighted by molar-refractivity contribution is -0.342. The highest BCUT2D eigenvalue weighted by molar-refractivity contribution is 5.87. The Balaban J connectivity index is 0.00000280. The van der Waals surface area contributed by atoms with Crippen LogP contribution in [0.5, 0.6) is 0 Å². The van der Waals surface area contributed by atoms with Gasteiger partial charge in [0.1, 0.15) is 5.69 Å². The zero-order chi connectivity index (χ0) is 19.3. The van der Waals surface area contributed by atoms with E-state index in [2.05, 4.69) is 15.6 Å². The van der Waals surface area contributed by atoms with Crippen LogP contribution in [0.3, 0.4) is 0 Å². The number of hydrogen-bond donors (Lipinski definition) is 3. The summed E-state index contributed by atoms with van der Waals surface area (Å²) in [6.45, 7) is 5.79. The first-order valence-electron chi connectivity index (χ1n) is 8.87. The number of aromatic nitrogens is 1. The van der Waals surface area contributed by atoms with Crippen molar-refractivity contribution in [2.45, 2.75) is 26.2 Å². The number of nitrogen functional groups attached to an aromatic ring is 1. The van der Waals surface area contributed by atoms with Crippen LogP contribution in [0.15, 0.2) is 36.4 Å². The summed E-state index contributed by atoms with van der Waals surface area (Å²) in [7, 11) is 0. The summed E-state index contributed by atoms with van der Waals surface area (Å²) in [5.74, 6) is 0.419. The van der Waals surface area contributed by atoms with Gasteiger partial charge >= 0.3 is 6.09 Å². The lowest BCUT2D eigenvalue weighted by Gasteiger charge is -2.22. The van der Waals surface area contributed by atoms with Gasteiger partial charge in [0, 0.05) is 11.6 Å². The summed E-state index contributed by atoms with van der Waals surface area (Å²) in [5.41, 5.74) is 8.50. The van der Waals surface area contributed by atoms with E-state index in [-0.39, 0.29) is 12.4 Å². The summed E-state index contributed by atoms with van der Waals surface area (Å²) in [6, 6.07) is 11.6. The largest absolute Gasteiger partial charge is 1.00 e. The van der Waals surface area contributed by atoms with Gasteiger partial charge in [-0.3, -0.25) is 5.32 Å². The van der Waals surface area contributed by atoms with Gasteiger partial charge in [0.25, 0.3) is 0 Å². The van der Waals surface area contributed by atoms with Crippen LogP contribution in [0.25, 0.3) is 0 Å². The van der Waals surface area contributed by atoms with E-state index < -0.39 is 11.9 Å². The van der Waals surface area contributed by atoms with Crippen LogP contribution in [-0.4, -0.2) is 25.9 Å². The zero-order valence-electron chi connectivity index (χ0n) is 15.9. The van der Waals surface area contributed by atoms with Gasteiger partial charge in [-0.25, -0.2) is 9.78 Å². The van der Waals surface area contributed by atoms with E-state index in [0.717, 1.165) is 16.9 Å². The Morgan fingerprint density at radius 3 is 2.50 bits per heavy atom. The number of carbonyl (C=O) groups excluding carboxylic acids is 1. The molecule has 0 atom stereocenters. The maximum absolute atomic E-state index is 11.5. The molecule has 8 nitrogen and oxygen atoms in total. The van der Waals surface area contributed by atoms with Crippen LogP contribution in [0.2, 0.25) is 0 Å². The number of aromatic amines is 1. The monoisotopic (exact) mass is 408 g/mol. The van der Waals surface area contributed by atoms with E-state index in [4.69, 9.17) is 19.9 Å². The van der Waals surface area contributed by atoms with Crippen molar-refractivity contribution in [1.29, 1.82) is 0 Å². The molecule has 0 aliphatic carbocycles. The Bertz CT molecular complexity index is 795. The minimum absolute atomic E-state index is 0. The average molecular weight is 409 g/mol. The quantitative estimate of drug-likeness (QED) is 0.594. The van der Waals surface area contributed by atoms with Crippen molar-refractivity contribution in [1.82, 2.24) is 0 Å². The predicted molar refractivity (Wildman–Crippen MR) is 101 cm³/mol. The van der Waals surface area contributed by atoms with E-state index in [9.17, 15) is 4.79 Å². The molecular weight excluding hydrogens is 384 g/mol. The van der Waals surface area contributed by atoms with Crippen molar-refractivity contribution < 1.29 is 36.4 Å². The number of ether oxygens (including phenoxy) is 3. The van der Waals surface area contributed by atoms with Crippen LogP contribution >= 0.6 is 0 Å². The fourth-order valence-corrected chi connectivity index (χ4v) is 2.80. The zero-order valence-corrected chi connectivity index (χ0v) is 16.6. The number of amides is 1. The predicted octanol–water partition coefficient (Wildman–Crippen LogP) is -0.513. The Morgan fingerprint density at radius 2 is 1.89 bits per heavy atom. The van der Waals surface area contributed by atoms with Gasteiger partial charge in [0.15, 0.2) is 5.79 Å². The minimum atomic E-state index is -0.657. The van der Waals surface area contributed by atoms with Crippen molar-refractivity contribution >= 4 is 23.4 Å². The van der Waals surface area contributed by atoms with Gasteiger partial charge < -0.3 is 37.7 Å². The third-order valence-electron chi connectivity index (χ3n) is 4.29. The van der Waals surface area contributed by atoms with Crippen LogP contribution in [0, 0.1) is 0 Å². The number of H-pyrrole nitrogens is 1. The fraction of sp³-hybridized carbons (Fsp3) is 0.368. The summed E-state index contributed by atoms with van der Waals surface area (Å²) in [4.78, 5) is 14.5. The highest BCUT2D eigenvalue weighted by Gasteiger charge is 2.32. The van der Waals surface area contributed by atoms with Crippen LogP contribution < -0.4 is 33.8 Å². The van der Waals surface area contributed by atoms with Crippen LogP contribution in [0.4, 0.5) is 22.1 Å². The van der Waals surface area contributed by atoms with E-state index >= 15 is 0 Å². The highest BCUT2D eigenvalue weighted by Crippen LogP contribution is 2.30. The lowest BCUT2D eigenvalue weighted by Crippen LogP contribution is -3.00. The van der Waals surface area contributed by atoms with Gasteiger partial charge in [0.05, 0.1) is 26.4 Å². The third kappa shape index (κ3) is 5.25. The summed E-state index contributed by atoms with van der Waals surface area (Å²) < 4.78 is 16.2. The molecule has 1 saturated heterocycles. The SMILES string of the molecule is CCOC(=O)Nc1ccc(NCc2ccc(C3(C)OCCO3)cc2)[nH+]c1N.[Cl-]. The van der Waals surface area contributed by atoms with Crippen molar-refractivity contribution in [3.05, 3.63) is 47.5 Å². The van der Waals surface area contributed by atoms with Crippen molar-refractivity contribution in [2.75, 3.05) is 36.2 Å². The molecule has 0 saturated carbocycles. The normalized spacial score (nSPS) is 14.8. The molecule has 2 heterocycles. The molecule has 1 aromatic carbocycles. The lowest BCUT2D eigenvalue weighted by atomic mass is 10.1. The molecule has 0 spiro atoms. The molecule has 1 aliphatic rings. The van der Waals surface area contributed by atoms with Gasteiger partial charge in [-0.2, -0.15) is 0 Å². The first-order valence-corrected chi connectivity index (χ1v) is 8.87. The number of nitrogens with two attached hydrogens (primary N) is 1. The van der Waals surface area contributed by atoms with E-state index in [1.165, 1.54) is 0 Å². The molecule has 5 N–H and O–H groups in total.